The van der Waals surface area contributed by atoms with E-state index >= 15 is 0 Å². The van der Waals surface area contributed by atoms with Crippen molar-refractivity contribution in [3.05, 3.63) is 0 Å². The smallest absolute Gasteiger partial charge is 0.224 e. The lowest BCUT2D eigenvalue weighted by molar-refractivity contribution is -0.127. The molecule has 1 amide bonds. The first-order chi connectivity index (χ1) is 8.34. The number of hydrogen-bond acceptors (Lipinski definition) is 4. The number of methoxy groups -OCH3 is 1. The third-order valence-corrected chi connectivity index (χ3v) is 4.30. The molecule has 1 heterocycles. The molecular formula is C11H22N2O4S. The Morgan fingerprint density at radius 3 is 2.78 bits per heavy atom. The molecule has 0 aromatic carbocycles. The highest BCUT2D eigenvalue weighted by molar-refractivity contribution is 7.88. The summed E-state index contributed by atoms with van der Waals surface area (Å²) in [4.78, 5) is 12.0. The van der Waals surface area contributed by atoms with Gasteiger partial charge < -0.3 is 10.1 Å². The van der Waals surface area contributed by atoms with E-state index in [9.17, 15) is 13.2 Å². The van der Waals surface area contributed by atoms with Gasteiger partial charge in [0.1, 0.15) is 0 Å². The monoisotopic (exact) mass is 278 g/mol. The van der Waals surface area contributed by atoms with Crippen LogP contribution in [-0.4, -0.2) is 57.7 Å². The van der Waals surface area contributed by atoms with Crippen molar-refractivity contribution in [2.75, 3.05) is 33.1 Å². The van der Waals surface area contributed by atoms with E-state index in [1.54, 1.807) is 7.11 Å². The molecule has 1 rings (SSSR count). The van der Waals surface area contributed by atoms with Crippen LogP contribution in [0.25, 0.3) is 0 Å². The SMILES string of the molecule is COC[C@@H](C)NC(=O)[C@@H]1CCCN(S(C)(=O)=O)C1. The maximum absolute atomic E-state index is 12.0. The Bertz CT molecular complexity index is 383. The van der Waals surface area contributed by atoms with Crippen LogP contribution in [-0.2, 0) is 19.6 Å². The second-order valence-corrected chi connectivity index (χ2v) is 6.81. The Labute approximate surface area is 109 Å². The summed E-state index contributed by atoms with van der Waals surface area (Å²) in [7, 11) is -1.62. The standard InChI is InChI=1S/C11H22N2O4S/c1-9(8-17-2)12-11(14)10-5-4-6-13(7-10)18(3,15)16/h9-10H,4-8H2,1-3H3,(H,12,14)/t9-,10-/m1/s1. The number of rotatable bonds is 5. The minimum atomic E-state index is -3.20. The summed E-state index contributed by atoms with van der Waals surface area (Å²) < 4.78 is 29.2. The summed E-state index contributed by atoms with van der Waals surface area (Å²) in [5.74, 6) is -0.347. The van der Waals surface area contributed by atoms with Gasteiger partial charge in [-0.1, -0.05) is 0 Å². The Kier molecular flexibility index (Phi) is 5.55. The highest BCUT2D eigenvalue weighted by Crippen LogP contribution is 2.18. The quantitative estimate of drug-likeness (QED) is 0.756. The molecule has 2 atom stereocenters. The number of piperidine rings is 1. The van der Waals surface area contributed by atoms with Gasteiger partial charge in [-0.25, -0.2) is 12.7 Å². The summed E-state index contributed by atoms with van der Waals surface area (Å²) in [5, 5.41) is 2.84. The van der Waals surface area contributed by atoms with Crippen LogP contribution >= 0.6 is 0 Å². The van der Waals surface area contributed by atoms with Crippen LogP contribution in [0.15, 0.2) is 0 Å². The molecule has 18 heavy (non-hydrogen) atoms. The van der Waals surface area contributed by atoms with Crippen LogP contribution in [0.2, 0.25) is 0 Å². The van der Waals surface area contributed by atoms with Crippen LogP contribution in [0.5, 0.6) is 0 Å². The number of amides is 1. The number of hydrogen-bond donors (Lipinski definition) is 1. The van der Waals surface area contributed by atoms with Crippen molar-refractivity contribution in [1.82, 2.24) is 9.62 Å². The van der Waals surface area contributed by atoms with E-state index in [2.05, 4.69) is 5.32 Å². The van der Waals surface area contributed by atoms with Crippen molar-refractivity contribution < 1.29 is 17.9 Å². The highest BCUT2D eigenvalue weighted by Gasteiger charge is 2.30. The predicted octanol–water partition coefficient (Wildman–Crippen LogP) is -0.191. The Hall–Kier alpha value is -0.660. The van der Waals surface area contributed by atoms with Gasteiger partial charge in [-0.2, -0.15) is 0 Å². The fraction of sp³-hybridized carbons (Fsp3) is 0.909. The molecular weight excluding hydrogens is 256 g/mol. The highest BCUT2D eigenvalue weighted by atomic mass is 32.2. The van der Waals surface area contributed by atoms with E-state index in [1.165, 1.54) is 10.6 Å². The zero-order chi connectivity index (χ0) is 13.8. The van der Waals surface area contributed by atoms with Crippen molar-refractivity contribution in [3.63, 3.8) is 0 Å². The molecule has 0 aromatic rings. The number of ether oxygens (including phenoxy) is 1. The van der Waals surface area contributed by atoms with E-state index in [1.807, 2.05) is 6.92 Å². The average Bonchev–Trinajstić information content (AvgIpc) is 2.28. The number of nitrogens with one attached hydrogen (secondary N) is 1. The maximum Gasteiger partial charge on any atom is 0.224 e. The van der Waals surface area contributed by atoms with Gasteiger partial charge in [0.15, 0.2) is 0 Å². The number of sulfonamides is 1. The van der Waals surface area contributed by atoms with Gasteiger partial charge in [-0.15, -0.1) is 0 Å². The van der Waals surface area contributed by atoms with Crippen LogP contribution in [0.3, 0.4) is 0 Å². The minimum absolute atomic E-state index is 0.0592. The third-order valence-electron chi connectivity index (χ3n) is 3.03. The molecule has 6 nitrogen and oxygen atoms in total. The van der Waals surface area contributed by atoms with Crippen LogP contribution in [0.1, 0.15) is 19.8 Å². The molecule has 1 fully saturated rings. The van der Waals surface area contributed by atoms with Crippen LogP contribution in [0.4, 0.5) is 0 Å². The summed E-state index contributed by atoms with van der Waals surface area (Å²) in [5.41, 5.74) is 0. The molecule has 0 unspecified atom stereocenters. The van der Waals surface area contributed by atoms with Crippen molar-refractivity contribution in [2.45, 2.75) is 25.8 Å². The van der Waals surface area contributed by atoms with Gasteiger partial charge >= 0.3 is 0 Å². The fourth-order valence-corrected chi connectivity index (χ4v) is 3.02. The first-order valence-electron chi connectivity index (χ1n) is 6.09. The van der Waals surface area contributed by atoms with E-state index < -0.39 is 10.0 Å². The normalized spacial score (nSPS) is 23.6. The summed E-state index contributed by atoms with van der Waals surface area (Å²) in [6.07, 6.45) is 2.64. The zero-order valence-electron chi connectivity index (χ0n) is 11.2. The Morgan fingerprint density at radius 1 is 1.56 bits per heavy atom. The molecule has 0 bridgehead atoms. The van der Waals surface area contributed by atoms with Crippen LogP contribution < -0.4 is 5.32 Å². The topological polar surface area (TPSA) is 75.7 Å². The van der Waals surface area contributed by atoms with Gasteiger partial charge in [-0.05, 0) is 19.8 Å². The van der Waals surface area contributed by atoms with Crippen molar-refractivity contribution in [3.8, 4) is 0 Å². The Balaban J connectivity index is 2.53. The molecule has 0 saturated carbocycles. The lowest BCUT2D eigenvalue weighted by Crippen LogP contribution is -2.47. The number of carbonyl (C=O) groups is 1. The number of nitrogens with zero attached hydrogens (tertiary/aromatic N) is 1. The van der Waals surface area contributed by atoms with Crippen molar-refractivity contribution in [1.29, 1.82) is 0 Å². The molecule has 1 saturated heterocycles. The Morgan fingerprint density at radius 2 is 2.22 bits per heavy atom. The molecule has 0 spiro atoms. The molecule has 1 N–H and O–H groups in total. The van der Waals surface area contributed by atoms with Gasteiger partial charge in [0.25, 0.3) is 0 Å². The molecule has 7 heteroatoms. The summed E-state index contributed by atoms with van der Waals surface area (Å²) in [6, 6.07) is -0.0592. The number of carbonyl (C=O) groups excluding carboxylic acids is 1. The van der Waals surface area contributed by atoms with Gasteiger partial charge in [0.2, 0.25) is 15.9 Å². The minimum Gasteiger partial charge on any atom is -0.383 e. The lowest BCUT2D eigenvalue weighted by atomic mass is 9.98. The van der Waals surface area contributed by atoms with Gasteiger partial charge in [-0.3, -0.25) is 4.79 Å². The molecule has 1 aliphatic heterocycles. The first kappa shape index (κ1) is 15.4. The summed E-state index contributed by atoms with van der Waals surface area (Å²) >= 11 is 0. The largest absolute Gasteiger partial charge is 0.383 e. The lowest BCUT2D eigenvalue weighted by Gasteiger charge is -2.30. The molecule has 106 valence electrons. The van der Waals surface area contributed by atoms with E-state index in [4.69, 9.17) is 4.74 Å². The van der Waals surface area contributed by atoms with E-state index in [-0.39, 0.29) is 24.4 Å². The third kappa shape index (κ3) is 4.55. The second-order valence-electron chi connectivity index (χ2n) is 4.83. The fourth-order valence-electron chi connectivity index (χ4n) is 2.11. The molecule has 0 aromatic heterocycles. The molecule has 0 radical (unpaired) electrons. The molecule has 0 aliphatic carbocycles. The predicted molar refractivity (Wildman–Crippen MR) is 68.6 cm³/mol. The van der Waals surface area contributed by atoms with Crippen molar-refractivity contribution in [2.24, 2.45) is 5.92 Å². The van der Waals surface area contributed by atoms with E-state index in [0.717, 1.165) is 12.8 Å². The van der Waals surface area contributed by atoms with Gasteiger partial charge in [0.05, 0.1) is 18.8 Å². The van der Waals surface area contributed by atoms with Crippen molar-refractivity contribution >= 4 is 15.9 Å². The second kappa shape index (κ2) is 6.49. The molecule has 1 aliphatic rings. The van der Waals surface area contributed by atoms with Gasteiger partial charge in [0, 0.05) is 26.2 Å². The van der Waals surface area contributed by atoms with Crippen LogP contribution in [0, 0.1) is 5.92 Å². The van der Waals surface area contributed by atoms with E-state index in [0.29, 0.717) is 13.2 Å². The average molecular weight is 278 g/mol. The zero-order valence-corrected chi connectivity index (χ0v) is 12.0. The summed E-state index contributed by atoms with van der Waals surface area (Å²) in [6.45, 7) is 3.10. The first-order valence-corrected chi connectivity index (χ1v) is 7.94. The maximum atomic E-state index is 12.0.